The highest BCUT2D eigenvalue weighted by atomic mass is 15.0. The molecule has 1 fully saturated rings. The second kappa shape index (κ2) is 6.69. The number of hydrogen-bond donors (Lipinski definition) is 3. The van der Waals surface area contributed by atoms with Gasteiger partial charge in [-0.3, -0.25) is 0 Å². The highest BCUT2D eigenvalue weighted by molar-refractivity contribution is 5.59. The first-order chi connectivity index (χ1) is 9.83. The van der Waals surface area contributed by atoms with Gasteiger partial charge in [0.1, 0.15) is 0 Å². The third-order valence-corrected chi connectivity index (χ3v) is 4.22. The van der Waals surface area contributed by atoms with Crippen molar-refractivity contribution in [2.75, 3.05) is 17.2 Å². The maximum Gasteiger partial charge on any atom is 0.0371 e. The second-order valence-electron chi connectivity index (χ2n) is 7.57. The van der Waals surface area contributed by atoms with Crippen LogP contribution in [0.4, 0.5) is 11.4 Å². The van der Waals surface area contributed by atoms with Crippen molar-refractivity contribution in [1.29, 1.82) is 0 Å². The van der Waals surface area contributed by atoms with Gasteiger partial charge in [-0.05, 0) is 83.1 Å². The van der Waals surface area contributed by atoms with E-state index < -0.39 is 0 Å². The summed E-state index contributed by atoms with van der Waals surface area (Å²) in [7, 11) is 0. The minimum Gasteiger partial charge on any atom is -0.385 e. The van der Waals surface area contributed by atoms with Crippen LogP contribution in [-0.2, 0) is 0 Å². The van der Waals surface area contributed by atoms with Gasteiger partial charge in [0.15, 0.2) is 0 Å². The highest BCUT2D eigenvalue weighted by Gasteiger charge is 2.18. The topological polar surface area (TPSA) is 50.1 Å². The van der Waals surface area contributed by atoms with E-state index in [4.69, 9.17) is 5.73 Å². The summed E-state index contributed by atoms with van der Waals surface area (Å²) in [4.78, 5) is 0. The van der Waals surface area contributed by atoms with E-state index >= 15 is 0 Å². The molecule has 0 atom stereocenters. The van der Waals surface area contributed by atoms with Crippen molar-refractivity contribution in [3.05, 3.63) is 23.8 Å². The number of nitrogens with two attached hydrogens (primary N) is 1. The molecule has 21 heavy (non-hydrogen) atoms. The number of benzene rings is 1. The van der Waals surface area contributed by atoms with Crippen LogP contribution in [0, 0.1) is 12.8 Å². The summed E-state index contributed by atoms with van der Waals surface area (Å²) < 4.78 is 0. The predicted octanol–water partition coefficient (Wildman–Crippen LogP) is 4.13. The average Bonchev–Trinajstić information content (AvgIpc) is 2.38. The summed E-state index contributed by atoms with van der Waals surface area (Å²) in [5.74, 6) is 0.775. The lowest BCUT2D eigenvalue weighted by molar-refractivity contribution is 0.339. The molecule has 0 spiro atoms. The first-order valence-electron chi connectivity index (χ1n) is 8.22. The van der Waals surface area contributed by atoms with Crippen molar-refractivity contribution in [2.45, 2.75) is 65.0 Å². The van der Waals surface area contributed by atoms with E-state index in [0.717, 1.165) is 12.5 Å². The maximum atomic E-state index is 5.97. The van der Waals surface area contributed by atoms with Gasteiger partial charge in [-0.2, -0.15) is 0 Å². The van der Waals surface area contributed by atoms with Crippen molar-refractivity contribution in [3.63, 3.8) is 0 Å². The Morgan fingerprint density at radius 3 is 2.38 bits per heavy atom. The lowest BCUT2D eigenvalue weighted by atomic mass is 9.86. The molecule has 3 nitrogen and oxygen atoms in total. The number of anilines is 2. The largest absolute Gasteiger partial charge is 0.385 e. The molecule has 0 bridgehead atoms. The minimum absolute atomic E-state index is 0.0995. The maximum absolute atomic E-state index is 5.97. The smallest absolute Gasteiger partial charge is 0.0371 e. The Balaban J connectivity index is 1.89. The van der Waals surface area contributed by atoms with Crippen LogP contribution in [0.5, 0.6) is 0 Å². The average molecular weight is 289 g/mol. The molecule has 1 aromatic rings. The van der Waals surface area contributed by atoms with Crippen LogP contribution in [0.3, 0.4) is 0 Å². The molecule has 2 rings (SSSR count). The molecular weight excluding hydrogens is 258 g/mol. The molecule has 0 amide bonds. The Morgan fingerprint density at radius 1 is 1.14 bits per heavy atom. The van der Waals surface area contributed by atoms with Gasteiger partial charge in [-0.1, -0.05) is 0 Å². The van der Waals surface area contributed by atoms with Crippen molar-refractivity contribution < 1.29 is 0 Å². The first kappa shape index (κ1) is 16.2. The van der Waals surface area contributed by atoms with E-state index in [1.807, 2.05) is 0 Å². The van der Waals surface area contributed by atoms with Gasteiger partial charge in [0.25, 0.3) is 0 Å². The molecule has 1 aromatic carbocycles. The van der Waals surface area contributed by atoms with E-state index in [2.05, 4.69) is 56.5 Å². The van der Waals surface area contributed by atoms with Crippen LogP contribution in [0.25, 0.3) is 0 Å². The number of hydrogen-bond acceptors (Lipinski definition) is 3. The fourth-order valence-electron chi connectivity index (χ4n) is 3.02. The van der Waals surface area contributed by atoms with Gasteiger partial charge in [0.2, 0.25) is 0 Å². The SMILES string of the molecule is Cc1cc(NC(C)(C)C)ccc1NCC1CCC(N)CC1. The van der Waals surface area contributed by atoms with Crippen LogP contribution in [0.1, 0.15) is 52.0 Å². The van der Waals surface area contributed by atoms with Crippen molar-refractivity contribution in [3.8, 4) is 0 Å². The Morgan fingerprint density at radius 2 is 1.81 bits per heavy atom. The third kappa shape index (κ3) is 5.24. The summed E-state index contributed by atoms with van der Waals surface area (Å²) >= 11 is 0. The molecule has 1 aliphatic carbocycles. The van der Waals surface area contributed by atoms with Gasteiger partial charge in [0, 0.05) is 29.5 Å². The standard InChI is InChI=1S/C18H31N3/c1-13-11-16(21-18(2,3)4)9-10-17(13)20-12-14-5-7-15(19)8-6-14/h9-11,14-15,20-21H,5-8,12,19H2,1-4H3. The fraction of sp³-hybridized carbons (Fsp3) is 0.667. The summed E-state index contributed by atoms with van der Waals surface area (Å²) in [5.41, 5.74) is 9.81. The van der Waals surface area contributed by atoms with Crippen molar-refractivity contribution >= 4 is 11.4 Å². The fourth-order valence-corrected chi connectivity index (χ4v) is 3.02. The summed E-state index contributed by atoms with van der Waals surface area (Å²) in [5, 5.41) is 7.14. The van der Waals surface area contributed by atoms with Crippen LogP contribution in [0.2, 0.25) is 0 Å². The predicted molar refractivity (Wildman–Crippen MR) is 93.0 cm³/mol. The minimum atomic E-state index is 0.0995. The van der Waals surface area contributed by atoms with Gasteiger partial charge in [0.05, 0.1) is 0 Å². The van der Waals surface area contributed by atoms with Gasteiger partial charge >= 0.3 is 0 Å². The molecule has 3 heteroatoms. The molecule has 0 heterocycles. The Labute approximate surface area is 129 Å². The monoisotopic (exact) mass is 289 g/mol. The normalized spacial score (nSPS) is 22.9. The first-order valence-corrected chi connectivity index (χ1v) is 8.22. The zero-order valence-electron chi connectivity index (χ0n) is 14.0. The molecule has 0 unspecified atom stereocenters. The quantitative estimate of drug-likeness (QED) is 0.781. The van der Waals surface area contributed by atoms with E-state index in [0.29, 0.717) is 6.04 Å². The van der Waals surface area contributed by atoms with Crippen LogP contribution < -0.4 is 16.4 Å². The molecule has 1 saturated carbocycles. The molecule has 0 radical (unpaired) electrons. The summed E-state index contributed by atoms with van der Waals surface area (Å²) in [6, 6.07) is 7.02. The zero-order chi connectivity index (χ0) is 15.5. The molecule has 1 aliphatic rings. The summed E-state index contributed by atoms with van der Waals surface area (Å²) in [6.07, 6.45) is 4.88. The lowest BCUT2D eigenvalue weighted by Crippen LogP contribution is -2.29. The third-order valence-electron chi connectivity index (χ3n) is 4.22. The Hall–Kier alpha value is -1.22. The number of aryl methyl sites for hydroxylation is 1. The molecule has 0 aromatic heterocycles. The zero-order valence-corrected chi connectivity index (χ0v) is 14.0. The van der Waals surface area contributed by atoms with E-state index in [9.17, 15) is 0 Å². The van der Waals surface area contributed by atoms with Crippen LogP contribution >= 0.6 is 0 Å². The summed E-state index contributed by atoms with van der Waals surface area (Å²) in [6.45, 7) is 9.79. The van der Waals surface area contributed by atoms with Crippen LogP contribution in [0.15, 0.2) is 18.2 Å². The Bertz CT molecular complexity index is 454. The van der Waals surface area contributed by atoms with Crippen molar-refractivity contribution in [1.82, 2.24) is 0 Å². The lowest BCUT2D eigenvalue weighted by Gasteiger charge is -2.27. The molecular formula is C18H31N3. The van der Waals surface area contributed by atoms with Crippen LogP contribution in [-0.4, -0.2) is 18.1 Å². The second-order valence-corrected chi connectivity index (χ2v) is 7.57. The molecule has 118 valence electrons. The van der Waals surface area contributed by atoms with Gasteiger partial charge in [-0.25, -0.2) is 0 Å². The van der Waals surface area contributed by atoms with E-state index in [1.165, 1.54) is 42.6 Å². The van der Waals surface area contributed by atoms with Crippen molar-refractivity contribution in [2.24, 2.45) is 11.7 Å². The molecule has 0 aliphatic heterocycles. The van der Waals surface area contributed by atoms with Gasteiger partial charge < -0.3 is 16.4 Å². The number of nitrogens with one attached hydrogen (secondary N) is 2. The highest BCUT2D eigenvalue weighted by Crippen LogP contribution is 2.26. The van der Waals surface area contributed by atoms with E-state index in [-0.39, 0.29) is 5.54 Å². The molecule has 0 saturated heterocycles. The number of rotatable bonds is 4. The Kier molecular flexibility index (Phi) is 5.15. The molecule has 4 N–H and O–H groups in total. The van der Waals surface area contributed by atoms with E-state index in [1.54, 1.807) is 0 Å². The van der Waals surface area contributed by atoms with Gasteiger partial charge in [-0.15, -0.1) is 0 Å².